The van der Waals surface area contributed by atoms with E-state index in [2.05, 4.69) is 0 Å². The Morgan fingerprint density at radius 1 is 1.40 bits per heavy atom. The summed E-state index contributed by atoms with van der Waals surface area (Å²) < 4.78 is 24.4. The van der Waals surface area contributed by atoms with E-state index in [1.165, 1.54) is 12.1 Å². The molecule has 1 aromatic carbocycles. The summed E-state index contributed by atoms with van der Waals surface area (Å²) in [5.74, 6) is -0.530. The highest BCUT2D eigenvalue weighted by molar-refractivity contribution is 5.96. The van der Waals surface area contributed by atoms with E-state index < -0.39 is 5.82 Å². The Bertz CT molecular complexity index is 479. The van der Waals surface area contributed by atoms with Crippen LogP contribution in [0.4, 0.5) is 4.39 Å². The number of halogens is 1. The van der Waals surface area contributed by atoms with Crippen LogP contribution in [0.25, 0.3) is 0 Å². The van der Waals surface area contributed by atoms with Crippen molar-refractivity contribution in [2.45, 2.75) is 44.5 Å². The van der Waals surface area contributed by atoms with Crippen LogP contribution >= 0.6 is 0 Å². The average Bonchev–Trinajstić information content (AvgIpc) is 2.46. The van der Waals surface area contributed by atoms with Crippen LogP contribution in [0.5, 0.6) is 0 Å². The minimum absolute atomic E-state index is 0.137. The van der Waals surface area contributed by atoms with E-state index in [4.69, 9.17) is 20.6 Å². The summed E-state index contributed by atoms with van der Waals surface area (Å²) in [7, 11) is 1.72. The van der Waals surface area contributed by atoms with Gasteiger partial charge in [0.25, 0.3) is 0 Å². The maximum Gasteiger partial charge on any atom is 0.123 e. The van der Waals surface area contributed by atoms with Crippen molar-refractivity contribution in [2.75, 3.05) is 7.11 Å². The van der Waals surface area contributed by atoms with Crippen molar-refractivity contribution in [1.29, 1.82) is 5.41 Å². The Kier molecular flexibility index (Phi) is 5.09. The van der Waals surface area contributed by atoms with Crippen molar-refractivity contribution in [2.24, 2.45) is 5.73 Å². The Morgan fingerprint density at radius 3 is 2.85 bits per heavy atom. The molecular formula is C15H21FN2O2. The van der Waals surface area contributed by atoms with E-state index in [1.54, 1.807) is 13.2 Å². The maximum atomic E-state index is 13.2. The molecule has 3 N–H and O–H groups in total. The van der Waals surface area contributed by atoms with Gasteiger partial charge in [-0.2, -0.15) is 0 Å². The topological polar surface area (TPSA) is 68.3 Å². The summed E-state index contributed by atoms with van der Waals surface area (Å²) in [6.45, 7) is 0.344. The monoisotopic (exact) mass is 280 g/mol. The Labute approximate surface area is 118 Å². The van der Waals surface area contributed by atoms with Gasteiger partial charge in [-0.05, 0) is 43.4 Å². The summed E-state index contributed by atoms with van der Waals surface area (Å²) >= 11 is 0. The van der Waals surface area contributed by atoms with Gasteiger partial charge in [0.15, 0.2) is 0 Å². The lowest BCUT2D eigenvalue weighted by molar-refractivity contribution is -0.0363. The molecule has 20 heavy (non-hydrogen) atoms. The summed E-state index contributed by atoms with van der Waals surface area (Å²) in [6, 6.07) is 4.27. The van der Waals surface area contributed by atoms with Gasteiger partial charge < -0.3 is 15.2 Å². The maximum absolute atomic E-state index is 13.2. The average molecular weight is 280 g/mol. The van der Waals surface area contributed by atoms with Crippen molar-refractivity contribution in [1.82, 2.24) is 0 Å². The molecule has 0 saturated heterocycles. The van der Waals surface area contributed by atoms with E-state index in [9.17, 15) is 4.39 Å². The second-order valence-corrected chi connectivity index (χ2v) is 5.17. The molecule has 0 spiro atoms. The van der Waals surface area contributed by atoms with Gasteiger partial charge in [-0.1, -0.05) is 6.07 Å². The lowest BCUT2D eigenvalue weighted by Crippen LogP contribution is -2.27. The van der Waals surface area contributed by atoms with Crippen LogP contribution in [0, 0.1) is 11.2 Å². The molecule has 1 saturated carbocycles. The first-order valence-corrected chi connectivity index (χ1v) is 6.87. The molecular weight excluding hydrogens is 259 g/mol. The van der Waals surface area contributed by atoms with Crippen LogP contribution in [0.1, 0.15) is 36.8 Å². The predicted octanol–water partition coefficient (Wildman–Crippen LogP) is 2.58. The lowest BCUT2D eigenvalue weighted by atomic mass is 9.95. The van der Waals surface area contributed by atoms with Crippen molar-refractivity contribution < 1.29 is 13.9 Å². The van der Waals surface area contributed by atoms with Crippen LogP contribution in [0.3, 0.4) is 0 Å². The Balaban J connectivity index is 1.98. The number of benzene rings is 1. The van der Waals surface area contributed by atoms with Crippen molar-refractivity contribution in [3.8, 4) is 0 Å². The highest BCUT2D eigenvalue weighted by Gasteiger charge is 2.22. The summed E-state index contributed by atoms with van der Waals surface area (Å²) in [5, 5.41) is 7.49. The third-order valence-corrected chi connectivity index (χ3v) is 3.75. The number of nitrogens with one attached hydrogen (secondary N) is 1. The molecule has 0 radical (unpaired) electrons. The molecule has 1 aliphatic carbocycles. The number of rotatable bonds is 5. The van der Waals surface area contributed by atoms with E-state index in [1.807, 2.05) is 0 Å². The molecule has 2 unspecified atom stereocenters. The van der Waals surface area contributed by atoms with Crippen molar-refractivity contribution in [3.05, 3.63) is 35.1 Å². The van der Waals surface area contributed by atoms with E-state index >= 15 is 0 Å². The molecule has 1 aliphatic rings. The number of nitrogens with two attached hydrogens (primary N) is 1. The lowest BCUT2D eigenvalue weighted by Gasteiger charge is -2.28. The summed E-state index contributed by atoms with van der Waals surface area (Å²) in [4.78, 5) is 0. The van der Waals surface area contributed by atoms with Gasteiger partial charge in [0.2, 0.25) is 0 Å². The third-order valence-electron chi connectivity index (χ3n) is 3.75. The molecule has 110 valence electrons. The highest BCUT2D eigenvalue weighted by atomic mass is 19.1. The Hall–Kier alpha value is -1.46. The molecule has 2 rings (SSSR count). The molecule has 0 heterocycles. The first-order chi connectivity index (χ1) is 9.60. The van der Waals surface area contributed by atoms with Crippen LogP contribution in [-0.4, -0.2) is 25.2 Å². The van der Waals surface area contributed by atoms with Gasteiger partial charge >= 0.3 is 0 Å². The first-order valence-electron chi connectivity index (χ1n) is 6.87. The standard InChI is InChI=1S/C15H21FN2O2/c1-19-12-3-2-4-13(8-12)20-9-10-5-6-11(16)7-14(10)15(17)18/h5-7,12-13H,2-4,8-9H2,1H3,(H3,17,18). The summed E-state index contributed by atoms with van der Waals surface area (Å²) in [5.41, 5.74) is 6.63. The van der Waals surface area contributed by atoms with Gasteiger partial charge in [0.1, 0.15) is 11.7 Å². The van der Waals surface area contributed by atoms with Crippen LogP contribution < -0.4 is 5.73 Å². The van der Waals surface area contributed by atoms with Gasteiger partial charge in [0, 0.05) is 12.7 Å². The molecule has 0 aliphatic heterocycles. The van der Waals surface area contributed by atoms with Crippen molar-refractivity contribution >= 4 is 5.84 Å². The number of methoxy groups -OCH3 is 1. The predicted molar refractivity (Wildman–Crippen MR) is 75.3 cm³/mol. The Morgan fingerprint density at radius 2 is 2.15 bits per heavy atom. The number of ether oxygens (including phenoxy) is 2. The second-order valence-electron chi connectivity index (χ2n) is 5.17. The number of hydrogen-bond donors (Lipinski definition) is 2. The highest BCUT2D eigenvalue weighted by Crippen LogP contribution is 2.24. The van der Waals surface area contributed by atoms with E-state index in [0.717, 1.165) is 31.2 Å². The number of nitrogen functional groups attached to an aromatic ring is 1. The van der Waals surface area contributed by atoms with Gasteiger partial charge in [-0.3, -0.25) is 5.41 Å². The zero-order chi connectivity index (χ0) is 14.5. The van der Waals surface area contributed by atoms with Gasteiger partial charge in [-0.15, -0.1) is 0 Å². The second kappa shape index (κ2) is 6.81. The zero-order valence-corrected chi connectivity index (χ0v) is 11.7. The van der Waals surface area contributed by atoms with Crippen LogP contribution in [-0.2, 0) is 16.1 Å². The van der Waals surface area contributed by atoms with Gasteiger partial charge in [-0.25, -0.2) is 4.39 Å². The van der Waals surface area contributed by atoms with E-state index in [-0.39, 0.29) is 18.0 Å². The molecule has 1 aromatic rings. The molecule has 5 heteroatoms. The fourth-order valence-electron chi connectivity index (χ4n) is 2.60. The molecule has 0 aromatic heterocycles. The zero-order valence-electron chi connectivity index (χ0n) is 11.7. The fraction of sp³-hybridized carbons (Fsp3) is 0.533. The number of amidine groups is 1. The normalized spacial score (nSPS) is 22.7. The van der Waals surface area contributed by atoms with Crippen molar-refractivity contribution in [3.63, 3.8) is 0 Å². The molecule has 0 bridgehead atoms. The van der Waals surface area contributed by atoms with Gasteiger partial charge in [0.05, 0.1) is 18.8 Å². The van der Waals surface area contributed by atoms with Crippen LogP contribution in [0.2, 0.25) is 0 Å². The minimum Gasteiger partial charge on any atom is -0.384 e. The first kappa shape index (κ1) is 14.9. The molecule has 4 nitrogen and oxygen atoms in total. The molecule has 2 atom stereocenters. The van der Waals surface area contributed by atoms with Crippen LogP contribution in [0.15, 0.2) is 18.2 Å². The summed E-state index contributed by atoms with van der Waals surface area (Å²) in [6.07, 6.45) is 4.47. The third kappa shape index (κ3) is 3.77. The largest absolute Gasteiger partial charge is 0.384 e. The van der Waals surface area contributed by atoms with E-state index in [0.29, 0.717) is 12.2 Å². The smallest absolute Gasteiger partial charge is 0.123 e. The molecule has 0 amide bonds. The number of hydrogen-bond acceptors (Lipinski definition) is 3. The quantitative estimate of drug-likeness (QED) is 0.643. The minimum atomic E-state index is -0.393. The molecule has 1 fully saturated rings. The SMILES string of the molecule is COC1CCCC(OCc2ccc(F)cc2C(=N)N)C1. The fourth-order valence-corrected chi connectivity index (χ4v) is 2.60.